The largest absolute Gasteiger partial charge is 0.419 e. The summed E-state index contributed by atoms with van der Waals surface area (Å²) in [6, 6.07) is 14.4. The van der Waals surface area contributed by atoms with Gasteiger partial charge in [-0.3, -0.25) is 19.4 Å². The number of hydrogen-bond donors (Lipinski definition) is 2. The number of carbonyl (C=O) groups excluding carboxylic acids is 4. The van der Waals surface area contributed by atoms with Gasteiger partial charge < -0.3 is 14.5 Å². The number of halogens is 3. The second kappa shape index (κ2) is 14.6. The minimum absolute atomic E-state index is 0. The van der Waals surface area contributed by atoms with Crippen molar-refractivity contribution in [3.8, 4) is 0 Å². The molecule has 0 spiro atoms. The second-order valence-electron chi connectivity index (χ2n) is 8.43. The number of fused-ring (bicyclic) bond motifs is 3. The number of cyclic esters (lactones) is 2. The van der Waals surface area contributed by atoms with Crippen molar-refractivity contribution in [2.75, 3.05) is 6.54 Å². The topological polar surface area (TPSA) is 153 Å². The fraction of sp³-hybridized carbons (Fsp3) is 0.143. The number of carbonyl (C=O) groups is 4. The fourth-order valence-corrected chi connectivity index (χ4v) is 4.29. The Balaban J connectivity index is 0.000000215. The smallest absolute Gasteiger partial charge is 0.389 e. The average Bonchev–Trinajstić information content (AvgIpc) is 3.03. The number of nitrogens with one attached hydrogen (secondary N) is 2. The molecule has 0 fully saturated rings. The molecule has 0 saturated carbocycles. The van der Waals surface area contributed by atoms with Crippen molar-refractivity contribution in [2.24, 2.45) is 0 Å². The molecule has 2 aliphatic rings. The monoisotopic (exact) mass is 629 g/mol. The van der Waals surface area contributed by atoms with E-state index >= 15 is 0 Å². The van der Waals surface area contributed by atoms with Crippen LogP contribution in [0.1, 0.15) is 39.3 Å². The average molecular weight is 631 g/mol. The van der Waals surface area contributed by atoms with Crippen LogP contribution >= 0.6 is 34.8 Å². The van der Waals surface area contributed by atoms with Gasteiger partial charge in [-0.1, -0.05) is 54.4 Å². The number of esters is 2. The number of benzene rings is 3. The van der Waals surface area contributed by atoms with E-state index in [1.807, 2.05) is 0 Å². The Hall–Kier alpha value is -4.19. The number of Topliss-reactive ketones (excluding diaryl/α,β-unsaturated/α-hetero) is 1. The maximum absolute atomic E-state index is 11.5. The highest BCUT2D eigenvalue weighted by Gasteiger charge is 2.24. The number of ketones is 1. The van der Waals surface area contributed by atoms with Crippen molar-refractivity contribution in [1.82, 2.24) is 10.3 Å². The zero-order valence-corrected chi connectivity index (χ0v) is 23.1. The fourth-order valence-electron chi connectivity index (χ4n) is 3.78. The first kappa shape index (κ1) is 34.0. The number of rotatable bonds is 0. The van der Waals surface area contributed by atoms with Crippen LogP contribution in [0.25, 0.3) is 10.9 Å². The molecule has 42 heavy (non-hydrogen) atoms. The number of aromatic nitrogens is 1. The number of hydrogen-bond acceptors (Lipinski definition) is 8. The number of aromatic amines is 1. The molecule has 3 radical (unpaired) electrons. The molecular weight excluding hydrogens is 609 g/mol. The zero-order chi connectivity index (χ0) is 29.0. The maximum atomic E-state index is 11.5. The first-order valence-corrected chi connectivity index (χ1v) is 12.6. The van der Waals surface area contributed by atoms with Crippen LogP contribution in [0.3, 0.4) is 0 Å². The summed E-state index contributed by atoms with van der Waals surface area (Å²) in [5.74, 6) is -2.11. The van der Waals surface area contributed by atoms with Gasteiger partial charge in [-0.15, -0.1) is 0 Å². The van der Waals surface area contributed by atoms with Crippen LogP contribution in [0.5, 0.6) is 0 Å². The van der Waals surface area contributed by atoms with Crippen LogP contribution in [-0.2, 0) is 27.2 Å². The standard InChI is InChI=1S/C10H8ClNO2.C9H5ClO3.C8H4ClNO3.CH4.B/c11-7-2-1-6-3-8(13)5-12-10(14)9(6)4-7;10-6-2-1-5-3-8(11)13-9(12)7(5)4-6;9-4-1-2-6-5(3-4)7(11)13-8(12)10-6;;/h1-2,4H,3,5H2,(H,12,14);1-2,4H,3H2;1-3H,(H,10,12);1H4;. The van der Waals surface area contributed by atoms with Crippen molar-refractivity contribution >= 4 is 77.7 Å². The molecule has 3 aromatic carbocycles. The van der Waals surface area contributed by atoms with E-state index in [9.17, 15) is 28.8 Å². The zero-order valence-electron chi connectivity index (χ0n) is 20.8. The van der Waals surface area contributed by atoms with Crippen molar-refractivity contribution in [2.45, 2.75) is 20.3 Å². The van der Waals surface area contributed by atoms with Crippen molar-refractivity contribution in [1.29, 1.82) is 0 Å². The third-order valence-electron chi connectivity index (χ3n) is 5.61. The molecule has 215 valence electrons. The lowest BCUT2D eigenvalue weighted by atomic mass is 10.0. The molecule has 14 heteroatoms. The van der Waals surface area contributed by atoms with Crippen molar-refractivity contribution < 1.29 is 28.3 Å². The van der Waals surface area contributed by atoms with E-state index < -0.39 is 23.3 Å². The van der Waals surface area contributed by atoms with Gasteiger partial charge in [-0.2, -0.15) is 0 Å². The Morgan fingerprint density at radius 2 is 1.29 bits per heavy atom. The van der Waals surface area contributed by atoms with Gasteiger partial charge in [0.05, 0.1) is 29.4 Å². The molecule has 0 aliphatic carbocycles. The Kier molecular flexibility index (Phi) is 11.8. The Bertz CT molecular complexity index is 1800. The molecule has 1 amide bonds. The van der Waals surface area contributed by atoms with E-state index in [4.69, 9.17) is 34.8 Å². The summed E-state index contributed by atoms with van der Waals surface area (Å²) in [5.41, 5.74) is 2.04. The second-order valence-corrected chi connectivity index (χ2v) is 9.74. The first-order chi connectivity index (χ1) is 19.0. The van der Waals surface area contributed by atoms with Crippen LogP contribution in [0.2, 0.25) is 15.1 Å². The predicted octanol–water partition coefficient (Wildman–Crippen LogP) is 4.16. The highest BCUT2D eigenvalue weighted by atomic mass is 35.5. The van der Waals surface area contributed by atoms with E-state index in [0.29, 0.717) is 43.7 Å². The summed E-state index contributed by atoms with van der Waals surface area (Å²) in [7, 11) is 0. The Morgan fingerprint density at radius 3 is 1.95 bits per heavy atom. The van der Waals surface area contributed by atoms with Gasteiger partial charge >= 0.3 is 23.3 Å². The summed E-state index contributed by atoms with van der Waals surface area (Å²) in [4.78, 5) is 68.9. The Labute approximate surface area is 255 Å². The SMILES string of the molecule is C.O=C1CNC(=O)c2cc(Cl)ccc2C1.O=C1Cc2ccc(Cl)cc2C(=O)O1.O=c1[nH]c2ccc(Cl)cc2c(=O)o1.[B]. The molecule has 6 rings (SSSR count). The number of amides is 1. The quantitative estimate of drug-likeness (QED) is 0.167. The van der Waals surface area contributed by atoms with Crippen LogP contribution in [0.4, 0.5) is 0 Å². The highest BCUT2D eigenvalue weighted by Crippen LogP contribution is 2.21. The summed E-state index contributed by atoms with van der Waals surface area (Å²) in [6.07, 6.45) is 0.434. The number of H-pyrrole nitrogens is 1. The third kappa shape index (κ3) is 8.42. The van der Waals surface area contributed by atoms with E-state index in [0.717, 1.165) is 5.56 Å². The minimum atomic E-state index is -0.764. The van der Waals surface area contributed by atoms with Crippen LogP contribution in [0.15, 0.2) is 68.6 Å². The van der Waals surface area contributed by atoms with Crippen LogP contribution in [0, 0.1) is 0 Å². The normalized spacial score (nSPS) is 13.2. The molecule has 1 aromatic heterocycles. The minimum Gasteiger partial charge on any atom is -0.389 e. The van der Waals surface area contributed by atoms with Gasteiger partial charge in [0.25, 0.3) is 5.91 Å². The molecule has 0 saturated heterocycles. The third-order valence-corrected chi connectivity index (χ3v) is 6.31. The Morgan fingerprint density at radius 1 is 0.714 bits per heavy atom. The lowest BCUT2D eigenvalue weighted by Gasteiger charge is -2.13. The molecular formula is C28H21BCl3N2O8. The molecule has 10 nitrogen and oxygen atoms in total. The van der Waals surface area contributed by atoms with Crippen molar-refractivity contribution in [3.05, 3.63) is 113 Å². The van der Waals surface area contributed by atoms with E-state index in [2.05, 4.69) is 19.5 Å². The van der Waals surface area contributed by atoms with Gasteiger partial charge in [0.2, 0.25) is 0 Å². The van der Waals surface area contributed by atoms with Gasteiger partial charge in [0, 0.05) is 35.5 Å². The molecule has 4 aromatic rings. The maximum Gasteiger partial charge on any atom is 0.419 e. The highest BCUT2D eigenvalue weighted by molar-refractivity contribution is 6.31. The van der Waals surface area contributed by atoms with Crippen LogP contribution < -0.4 is 16.7 Å². The molecule has 0 unspecified atom stereocenters. The van der Waals surface area contributed by atoms with Gasteiger partial charge in [-0.25, -0.2) is 14.4 Å². The lowest BCUT2D eigenvalue weighted by molar-refractivity contribution is -0.137. The van der Waals surface area contributed by atoms with E-state index in [-0.39, 0.29) is 45.9 Å². The summed E-state index contributed by atoms with van der Waals surface area (Å²) in [5, 5.41) is 4.19. The van der Waals surface area contributed by atoms with Crippen LogP contribution in [-0.4, -0.2) is 43.6 Å². The lowest BCUT2D eigenvalue weighted by Crippen LogP contribution is -2.26. The summed E-state index contributed by atoms with van der Waals surface area (Å²) in [6.45, 7) is 0.102. The molecule has 0 atom stereocenters. The summed E-state index contributed by atoms with van der Waals surface area (Å²) >= 11 is 17.1. The number of ether oxygens (including phenoxy) is 1. The van der Waals surface area contributed by atoms with Gasteiger partial charge in [0.1, 0.15) is 0 Å². The molecule has 2 aliphatic heterocycles. The molecule has 2 N–H and O–H groups in total. The predicted molar refractivity (Wildman–Crippen MR) is 159 cm³/mol. The first-order valence-electron chi connectivity index (χ1n) is 11.4. The van der Waals surface area contributed by atoms with E-state index in [1.165, 1.54) is 12.1 Å². The van der Waals surface area contributed by atoms with E-state index in [1.54, 1.807) is 42.5 Å². The van der Waals surface area contributed by atoms with Gasteiger partial charge in [-0.05, 0) is 53.6 Å². The molecule has 3 heterocycles. The van der Waals surface area contributed by atoms with Gasteiger partial charge in [0.15, 0.2) is 5.78 Å². The molecule has 0 bridgehead atoms. The summed E-state index contributed by atoms with van der Waals surface area (Å²) < 4.78 is 8.75. The van der Waals surface area contributed by atoms with Crippen molar-refractivity contribution in [3.63, 3.8) is 0 Å².